The summed E-state index contributed by atoms with van der Waals surface area (Å²) in [5.41, 5.74) is 6.56. The second kappa shape index (κ2) is 5.88. The van der Waals surface area contributed by atoms with Crippen LogP contribution in [-0.2, 0) is 4.79 Å². The Morgan fingerprint density at radius 3 is 2.00 bits per heavy atom. The van der Waals surface area contributed by atoms with Gasteiger partial charge in [0.1, 0.15) is 0 Å². The molecule has 2 rings (SSSR count). The molecule has 0 bridgehead atoms. The van der Waals surface area contributed by atoms with Gasteiger partial charge < -0.3 is 10.2 Å². The molecule has 1 aromatic carbocycles. The van der Waals surface area contributed by atoms with Crippen molar-refractivity contribution in [3.63, 3.8) is 0 Å². The molecule has 0 unspecified atom stereocenters. The highest BCUT2D eigenvalue weighted by atomic mass is 16.2. The lowest BCUT2D eigenvalue weighted by Gasteiger charge is -2.24. The number of carbonyl (C=O) groups excluding carboxylic acids is 2. The zero-order chi connectivity index (χ0) is 15.7. The van der Waals surface area contributed by atoms with Crippen LogP contribution < -0.4 is 5.32 Å². The van der Waals surface area contributed by atoms with Crippen molar-refractivity contribution in [2.45, 2.75) is 41.0 Å². The number of hydrogen-bond acceptors (Lipinski definition) is 2. The van der Waals surface area contributed by atoms with E-state index < -0.39 is 0 Å². The SMILES string of the molecule is Cc1c(C)c(C)c(C(=O)N2CCNC(=O)CC2)c(C)c1C. The molecule has 2 amide bonds. The molecule has 1 aromatic rings. The highest BCUT2D eigenvalue weighted by molar-refractivity contribution is 5.98. The summed E-state index contributed by atoms with van der Waals surface area (Å²) in [4.78, 5) is 26.1. The number of carbonyl (C=O) groups is 2. The molecule has 1 N–H and O–H groups in total. The second-order valence-corrected chi connectivity index (χ2v) is 5.89. The van der Waals surface area contributed by atoms with Crippen LogP contribution in [0.2, 0.25) is 0 Å². The van der Waals surface area contributed by atoms with E-state index in [1.165, 1.54) is 16.7 Å². The summed E-state index contributed by atoms with van der Waals surface area (Å²) in [6.45, 7) is 11.9. The van der Waals surface area contributed by atoms with E-state index in [0.717, 1.165) is 16.7 Å². The standard InChI is InChI=1S/C17H24N2O2/c1-10-11(2)13(4)16(14(5)12(10)3)17(21)19-8-6-15(20)18-7-9-19/h6-9H2,1-5H3,(H,18,20). The minimum absolute atomic E-state index is 0.0232. The molecule has 0 spiro atoms. The third kappa shape index (κ3) is 2.80. The number of rotatable bonds is 1. The largest absolute Gasteiger partial charge is 0.354 e. The van der Waals surface area contributed by atoms with Gasteiger partial charge in [-0.05, 0) is 62.4 Å². The second-order valence-electron chi connectivity index (χ2n) is 5.89. The molecule has 0 aliphatic carbocycles. The van der Waals surface area contributed by atoms with Crippen molar-refractivity contribution < 1.29 is 9.59 Å². The average molecular weight is 288 g/mol. The normalized spacial score (nSPS) is 15.7. The van der Waals surface area contributed by atoms with Gasteiger partial charge in [0.25, 0.3) is 5.91 Å². The van der Waals surface area contributed by atoms with Crippen molar-refractivity contribution in [2.24, 2.45) is 0 Å². The fraction of sp³-hybridized carbons (Fsp3) is 0.529. The lowest BCUT2D eigenvalue weighted by molar-refractivity contribution is -0.120. The number of amides is 2. The summed E-state index contributed by atoms with van der Waals surface area (Å²) in [6, 6.07) is 0. The van der Waals surface area contributed by atoms with Crippen molar-refractivity contribution in [3.05, 3.63) is 33.4 Å². The van der Waals surface area contributed by atoms with E-state index in [1.807, 2.05) is 13.8 Å². The monoisotopic (exact) mass is 288 g/mol. The van der Waals surface area contributed by atoms with Gasteiger partial charge in [-0.3, -0.25) is 9.59 Å². The van der Waals surface area contributed by atoms with E-state index in [0.29, 0.717) is 26.1 Å². The van der Waals surface area contributed by atoms with Gasteiger partial charge in [0.15, 0.2) is 0 Å². The van der Waals surface area contributed by atoms with E-state index in [9.17, 15) is 9.59 Å². The van der Waals surface area contributed by atoms with Crippen molar-refractivity contribution in [2.75, 3.05) is 19.6 Å². The first-order valence-electron chi connectivity index (χ1n) is 7.47. The molecule has 4 heteroatoms. The summed E-state index contributed by atoms with van der Waals surface area (Å²) < 4.78 is 0. The third-order valence-electron chi connectivity index (χ3n) is 4.81. The predicted molar refractivity (Wildman–Crippen MR) is 83.7 cm³/mol. The molecule has 1 aliphatic heterocycles. The first kappa shape index (κ1) is 15.5. The molecule has 21 heavy (non-hydrogen) atoms. The van der Waals surface area contributed by atoms with Crippen molar-refractivity contribution in [3.8, 4) is 0 Å². The Morgan fingerprint density at radius 1 is 0.905 bits per heavy atom. The molecule has 0 saturated carbocycles. The van der Waals surface area contributed by atoms with Crippen LogP contribution in [0, 0.1) is 34.6 Å². The maximum Gasteiger partial charge on any atom is 0.254 e. The summed E-state index contributed by atoms with van der Waals surface area (Å²) >= 11 is 0. The van der Waals surface area contributed by atoms with Gasteiger partial charge >= 0.3 is 0 Å². The Kier molecular flexibility index (Phi) is 4.35. The lowest BCUT2D eigenvalue weighted by Crippen LogP contribution is -2.35. The molecule has 1 aliphatic rings. The van der Waals surface area contributed by atoms with Crippen molar-refractivity contribution in [1.82, 2.24) is 10.2 Å². The highest BCUT2D eigenvalue weighted by Crippen LogP contribution is 2.27. The van der Waals surface area contributed by atoms with Gasteiger partial charge in [-0.1, -0.05) is 0 Å². The molecule has 0 aromatic heterocycles. The van der Waals surface area contributed by atoms with Crippen LogP contribution in [-0.4, -0.2) is 36.3 Å². The Labute approximate surface area is 126 Å². The van der Waals surface area contributed by atoms with Crippen LogP contribution in [0.25, 0.3) is 0 Å². The molecule has 4 nitrogen and oxygen atoms in total. The van der Waals surface area contributed by atoms with E-state index >= 15 is 0 Å². The van der Waals surface area contributed by atoms with E-state index in [4.69, 9.17) is 0 Å². The third-order valence-corrected chi connectivity index (χ3v) is 4.81. The fourth-order valence-electron chi connectivity index (χ4n) is 2.95. The average Bonchev–Trinajstić information content (AvgIpc) is 2.68. The Bertz CT molecular complexity index is 576. The van der Waals surface area contributed by atoms with Gasteiger partial charge in [0.05, 0.1) is 0 Å². The number of nitrogens with one attached hydrogen (secondary N) is 1. The molecular formula is C17H24N2O2. The van der Waals surface area contributed by atoms with Gasteiger partial charge in [-0.25, -0.2) is 0 Å². The maximum atomic E-state index is 12.9. The van der Waals surface area contributed by atoms with Gasteiger partial charge in [-0.15, -0.1) is 0 Å². The van der Waals surface area contributed by atoms with Gasteiger partial charge in [0.2, 0.25) is 5.91 Å². The van der Waals surface area contributed by atoms with Crippen LogP contribution in [0.3, 0.4) is 0 Å². The quantitative estimate of drug-likeness (QED) is 0.861. The summed E-state index contributed by atoms with van der Waals surface area (Å²) in [5.74, 6) is 0.0720. The molecule has 114 valence electrons. The lowest BCUT2D eigenvalue weighted by atomic mass is 9.89. The van der Waals surface area contributed by atoms with Crippen LogP contribution >= 0.6 is 0 Å². The van der Waals surface area contributed by atoms with Crippen LogP contribution in [0.4, 0.5) is 0 Å². The van der Waals surface area contributed by atoms with Crippen LogP contribution in [0.15, 0.2) is 0 Å². The molecule has 0 atom stereocenters. The smallest absolute Gasteiger partial charge is 0.254 e. The van der Waals surface area contributed by atoms with Gasteiger partial charge in [0, 0.05) is 31.6 Å². The predicted octanol–water partition coefficient (Wildman–Crippen LogP) is 2.19. The van der Waals surface area contributed by atoms with Gasteiger partial charge in [-0.2, -0.15) is 0 Å². The van der Waals surface area contributed by atoms with E-state index in [2.05, 4.69) is 26.1 Å². The fourth-order valence-corrected chi connectivity index (χ4v) is 2.95. The summed E-state index contributed by atoms with van der Waals surface area (Å²) in [7, 11) is 0. The molecule has 1 saturated heterocycles. The summed E-state index contributed by atoms with van der Waals surface area (Å²) in [5, 5.41) is 2.81. The number of nitrogens with zero attached hydrogens (tertiary/aromatic N) is 1. The minimum atomic E-state index is 0.0232. The molecule has 0 radical (unpaired) electrons. The maximum absolute atomic E-state index is 12.9. The first-order chi connectivity index (χ1) is 9.84. The Balaban J connectivity index is 2.42. The Hall–Kier alpha value is -1.84. The van der Waals surface area contributed by atoms with E-state index in [1.54, 1.807) is 4.90 Å². The molecule has 1 heterocycles. The van der Waals surface area contributed by atoms with Crippen molar-refractivity contribution in [1.29, 1.82) is 0 Å². The number of benzene rings is 1. The topological polar surface area (TPSA) is 49.4 Å². The summed E-state index contributed by atoms with van der Waals surface area (Å²) in [6.07, 6.45) is 0.383. The molecule has 1 fully saturated rings. The number of hydrogen-bond donors (Lipinski definition) is 1. The Morgan fingerprint density at radius 2 is 1.43 bits per heavy atom. The van der Waals surface area contributed by atoms with Crippen LogP contribution in [0.5, 0.6) is 0 Å². The highest BCUT2D eigenvalue weighted by Gasteiger charge is 2.24. The van der Waals surface area contributed by atoms with Crippen LogP contribution in [0.1, 0.15) is 44.6 Å². The molecular weight excluding hydrogens is 264 g/mol. The van der Waals surface area contributed by atoms with Crippen molar-refractivity contribution >= 4 is 11.8 Å². The first-order valence-corrected chi connectivity index (χ1v) is 7.47. The minimum Gasteiger partial charge on any atom is -0.354 e. The van der Waals surface area contributed by atoms with E-state index in [-0.39, 0.29) is 11.8 Å². The zero-order valence-electron chi connectivity index (χ0n) is 13.6. The zero-order valence-corrected chi connectivity index (χ0v) is 13.6.